The smallest absolute Gasteiger partial charge is 0.134 e. The van der Waals surface area contributed by atoms with Crippen molar-refractivity contribution in [1.82, 2.24) is 5.32 Å². The summed E-state index contributed by atoms with van der Waals surface area (Å²) in [5, 5.41) is 2.72. The summed E-state index contributed by atoms with van der Waals surface area (Å²) < 4.78 is 54.0. The van der Waals surface area contributed by atoms with Gasteiger partial charge in [-0.3, -0.25) is 0 Å². The van der Waals surface area contributed by atoms with Crippen molar-refractivity contribution in [3.05, 3.63) is 70.3 Å². The van der Waals surface area contributed by atoms with Crippen LogP contribution in [0.1, 0.15) is 22.7 Å². The molecule has 5 heteroatoms. The molecule has 0 radical (unpaired) electrons. The van der Waals surface area contributed by atoms with Gasteiger partial charge in [0, 0.05) is 17.7 Å². The zero-order chi connectivity index (χ0) is 14.9. The second-order valence-electron chi connectivity index (χ2n) is 4.57. The van der Waals surface area contributed by atoms with E-state index in [-0.39, 0.29) is 5.56 Å². The number of benzene rings is 2. The van der Waals surface area contributed by atoms with Gasteiger partial charge < -0.3 is 5.32 Å². The molecule has 1 unspecified atom stereocenters. The zero-order valence-electron chi connectivity index (χ0n) is 11.0. The lowest BCUT2D eigenvalue weighted by Crippen LogP contribution is -2.21. The Morgan fingerprint density at radius 3 is 1.90 bits per heavy atom. The molecule has 2 aromatic carbocycles. The molecule has 20 heavy (non-hydrogen) atoms. The van der Waals surface area contributed by atoms with Crippen molar-refractivity contribution < 1.29 is 17.6 Å². The van der Waals surface area contributed by atoms with Gasteiger partial charge in [0.2, 0.25) is 0 Å². The van der Waals surface area contributed by atoms with Crippen molar-refractivity contribution in [2.45, 2.75) is 13.0 Å². The maximum Gasteiger partial charge on any atom is 0.134 e. The van der Waals surface area contributed by atoms with Crippen LogP contribution >= 0.6 is 0 Å². The van der Waals surface area contributed by atoms with E-state index in [0.29, 0.717) is 23.3 Å². The number of nitrogens with one attached hydrogen (secondary N) is 1. The second-order valence-corrected chi connectivity index (χ2v) is 4.57. The molecule has 2 aromatic rings. The van der Waals surface area contributed by atoms with Gasteiger partial charge in [-0.25, -0.2) is 17.6 Å². The van der Waals surface area contributed by atoms with Crippen molar-refractivity contribution in [3.8, 4) is 0 Å². The van der Waals surface area contributed by atoms with Crippen molar-refractivity contribution in [1.29, 1.82) is 0 Å². The van der Waals surface area contributed by atoms with Gasteiger partial charge in [-0.15, -0.1) is 0 Å². The molecule has 0 aliphatic carbocycles. The minimum absolute atomic E-state index is 0.334. The first-order valence-corrected chi connectivity index (χ1v) is 6.01. The second kappa shape index (κ2) is 5.63. The fraction of sp³-hybridized carbons (Fsp3) is 0.200. The first kappa shape index (κ1) is 14.5. The molecule has 0 saturated carbocycles. The van der Waals surface area contributed by atoms with Gasteiger partial charge in [-0.2, -0.15) is 0 Å². The van der Waals surface area contributed by atoms with E-state index in [1.54, 1.807) is 13.0 Å². The molecule has 0 spiro atoms. The van der Waals surface area contributed by atoms with Gasteiger partial charge in [0.25, 0.3) is 0 Å². The predicted molar refractivity (Wildman–Crippen MR) is 68.4 cm³/mol. The highest BCUT2D eigenvalue weighted by molar-refractivity contribution is 5.36. The quantitative estimate of drug-likeness (QED) is 0.843. The Morgan fingerprint density at radius 2 is 1.40 bits per heavy atom. The molecule has 0 heterocycles. The molecular formula is C15H13F4N. The van der Waals surface area contributed by atoms with Crippen LogP contribution in [0.5, 0.6) is 0 Å². The minimum atomic E-state index is -1.01. The summed E-state index contributed by atoms with van der Waals surface area (Å²) in [4.78, 5) is 0. The number of hydrogen-bond acceptors (Lipinski definition) is 1. The summed E-state index contributed by atoms with van der Waals surface area (Å²) in [6, 6.07) is 4.44. The van der Waals surface area contributed by atoms with Crippen LogP contribution in [0.15, 0.2) is 30.3 Å². The first-order valence-electron chi connectivity index (χ1n) is 6.01. The molecule has 0 saturated heterocycles. The van der Waals surface area contributed by atoms with Crippen molar-refractivity contribution in [2.24, 2.45) is 0 Å². The third-order valence-corrected chi connectivity index (χ3v) is 3.02. The van der Waals surface area contributed by atoms with E-state index in [4.69, 9.17) is 0 Å². The molecule has 0 aliphatic rings. The van der Waals surface area contributed by atoms with Gasteiger partial charge >= 0.3 is 0 Å². The summed E-state index contributed by atoms with van der Waals surface area (Å²) in [6.07, 6.45) is 0. The standard InChI is InChI=1S/C15H13F4N/c1-8-3-9(5-10(16)4-8)15(20-2)14-12(18)6-11(17)7-13(14)19/h3-7,15,20H,1-2H3. The largest absolute Gasteiger partial charge is 0.309 e. The lowest BCUT2D eigenvalue weighted by molar-refractivity contribution is 0.499. The van der Waals surface area contributed by atoms with Crippen LogP contribution in [0.2, 0.25) is 0 Å². The Morgan fingerprint density at radius 1 is 0.850 bits per heavy atom. The van der Waals surface area contributed by atoms with Crippen molar-refractivity contribution in [3.63, 3.8) is 0 Å². The van der Waals surface area contributed by atoms with Gasteiger partial charge in [0.1, 0.15) is 23.3 Å². The van der Waals surface area contributed by atoms with Crippen molar-refractivity contribution in [2.75, 3.05) is 7.05 Å². The van der Waals surface area contributed by atoms with Gasteiger partial charge in [0.05, 0.1) is 6.04 Å². The normalized spacial score (nSPS) is 12.5. The van der Waals surface area contributed by atoms with Crippen LogP contribution in [0, 0.1) is 30.2 Å². The Balaban J connectivity index is 2.58. The van der Waals surface area contributed by atoms with E-state index in [9.17, 15) is 17.6 Å². The molecular weight excluding hydrogens is 270 g/mol. The van der Waals surface area contributed by atoms with E-state index in [1.165, 1.54) is 19.2 Å². The van der Waals surface area contributed by atoms with Crippen LogP contribution in [-0.4, -0.2) is 7.05 Å². The monoisotopic (exact) mass is 283 g/mol. The molecule has 2 rings (SSSR count). The summed E-state index contributed by atoms with van der Waals surface area (Å²) in [5.74, 6) is -3.51. The molecule has 1 nitrogen and oxygen atoms in total. The SMILES string of the molecule is CNC(c1cc(C)cc(F)c1)c1c(F)cc(F)cc1F. The average molecular weight is 283 g/mol. The molecule has 0 aromatic heterocycles. The third-order valence-electron chi connectivity index (χ3n) is 3.02. The van der Waals surface area contributed by atoms with E-state index in [0.717, 1.165) is 0 Å². The fourth-order valence-corrected chi connectivity index (χ4v) is 2.24. The van der Waals surface area contributed by atoms with Gasteiger partial charge in [-0.05, 0) is 37.2 Å². The highest BCUT2D eigenvalue weighted by Crippen LogP contribution is 2.28. The molecule has 0 amide bonds. The minimum Gasteiger partial charge on any atom is -0.309 e. The topological polar surface area (TPSA) is 12.0 Å². The van der Waals surface area contributed by atoms with Crippen LogP contribution in [-0.2, 0) is 0 Å². The Labute approximate surface area is 114 Å². The maximum atomic E-state index is 13.8. The predicted octanol–water partition coefficient (Wildman–Crippen LogP) is 3.86. The lowest BCUT2D eigenvalue weighted by Gasteiger charge is -2.19. The number of hydrogen-bond donors (Lipinski definition) is 1. The summed E-state index contributed by atoms with van der Waals surface area (Å²) in [5.41, 5.74) is 0.663. The Kier molecular flexibility index (Phi) is 4.09. The van der Waals surface area contributed by atoms with E-state index >= 15 is 0 Å². The van der Waals surface area contributed by atoms with Crippen LogP contribution < -0.4 is 5.32 Å². The lowest BCUT2D eigenvalue weighted by atomic mass is 9.96. The van der Waals surface area contributed by atoms with Crippen molar-refractivity contribution >= 4 is 0 Å². The third kappa shape index (κ3) is 2.82. The average Bonchev–Trinajstić information content (AvgIpc) is 2.32. The van der Waals surface area contributed by atoms with E-state index < -0.39 is 29.3 Å². The number of aryl methyl sites for hydroxylation is 1. The van der Waals surface area contributed by atoms with Crippen LogP contribution in [0.4, 0.5) is 17.6 Å². The van der Waals surface area contributed by atoms with E-state index in [1.807, 2.05) is 0 Å². The summed E-state index contributed by atoms with van der Waals surface area (Å²) in [6.45, 7) is 1.68. The zero-order valence-corrected chi connectivity index (χ0v) is 11.0. The maximum absolute atomic E-state index is 13.8. The van der Waals surface area contributed by atoms with Crippen LogP contribution in [0.3, 0.4) is 0 Å². The molecule has 1 atom stereocenters. The highest BCUT2D eigenvalue weighted by atomic mass is 19.1. The van der Waals surface area contributed by atoms with Crippen LogP contribution in [0.25, 0.3) is 0 Å². The molecule has 106 valence electrons. The first-order chi connectivity index (χ1) is 9.42. The molecule has 0 aliphatic heterocycles. The molecule has 0 fully saturated rings. The van der Waals surface area contributed by atoms with Gasteiger partial charge in [0.15, 0.2) is 0 Å². The summed E-state index contributed by atoms with van der Waals surface area (Å²) >= 11 is 0. The number of halogens is 4. The fourth-order valence-electron chi connectivity index (χ4n) is 2.24. The number of rotatable bonds is 3. The van der Waals surface area contributed by atoms with E-state index in [2.05, 4.69) is 5.32 Å². The van der Waals surface area contributed by atoms with Gasteiger partial charge in [-0.1, -0.05) is 6.07 Å². The summed E-state index contributed by atoms with van der Waals surface area (Å²) in [7, 11) is 1.49. The highest BCUT2D eigenvalue weighted by Gasteiger charge is 2.22. The Hall–Kier alpha value is -1.88. The molecule has 0 bridgehead atoms. The molecule has 1 N–H and O–H groups in total. The Bertz CT molecular complexity index is 597.